The highest BCUT2D eigenvalue weighted by molar-refractivity contribution is 5.42. The van der Waals surface area contributed by atoms with E-state index in [2.05, 4.69) is 15.0 Å². The molecule has 0 amide bonds. The van der Waals surface area contributed by atoms with E-state index in [4.69, 9.17) is 5.73 Å². The predicted molar refractivity (Wildman–Crippen MR) is 75.3 cm³/mol. The van der Waals surface area contributed by atoms with Crippen LogP contribution in [0, 0.1) is 0 Å². The molecule has 1 aliphatic carbocycles. The maximum Gasteiger partial charge on any atom is 0.231 e. The fourth-order valence-corrected chi connectivity index (χ4v) is 2.44. The van der Waals surface area contributed by atoms with Crippen LogP contribution in [-0.4, -0.2) is 53.3 Å². The van der Waals surface area contributed by atoms with Crippen LogP contribution in [0.25, 0.3) is 0 Å². The second kappa shape index (κ2) is 5.16. The highest BCUT2D eigenvalue weighted by atomic mass is 16.3. The molecule has 0 bridgehead atoms. The lowest BCUT2D eigenvalue weighted by Gasteiger charge is -2.28. The van der Waals surface area contributed by atoms with E-state index in [0.29, 0.717) is 18.4 Å². The first kappa shape index (κ1) is 13.8. The van der Waals surface area contributed by atoms with Gasteiger partial charge in [-0.25, -0.2) is 0 Å². The van der Waals surface area contributed by atoms with Crippen LogP contribution < -0.4 is 15.5 Å². The minimum Gasteiger partial charge on any atom is -0.388 e. The molecular formula is C12H22N6O. The summed E-state index contributed by atoms with van der Waals surface area (Å²) in [5, 5.41) is 10.4. The molecule has 7 nitrogen and oxygen atoms in total. The highest BCUT2D eigenvalue weighted by Crippen LogP contribution is 2.30. The number of nitrogens with zero attached hydrogens (tertiary/aromatic N) is 5. The lowest BCUT2D eigenvalue weighted by molar-refractivity contribution is 0.0556. The Kier molecular flexibility index (Phi) is 3.75. The van der Waals surface area contributed by atoms with Gasteiger partial charge in [-0.15, -0.1) is 0 Å². The molecule has 0 spiro atoms. The van der Waals surface area contributed by atoms with Crippen LogP contribution in [0.3, 0.4) is 0 Å². The number of aliphatic hydroxyl groups is 1. The Balaban J connectivity index is 2.16. The molecule has 7 heteroatoms. The van der Waals surface area contributed by atoms with Crippen LogP contribution >= 0.6 is 0 Å². The van der Waals surface area contributed by atoms with Gasteiger partial charge in [-0.05, 0) is 12.8 Å². The number of hydrogen-bond donors (Lipinski definition) is 2. The molecule has 1 aromatic rings. The number of hydrogen-bond acceptors (Lipinski definition) is 7. The first-order chi connectivity index (χ1) is 8.89. The molecule has 0 aromatic carbocycles. The van der Waals surface area contributed by atoms with Crippen LogP contribution in [0.15, 0.2) is 0 Å². The summed E-state index contributed by atoms with van der Waals surface area (Å²) >= 11 is 0. The fraction of sp³-hybridized carbons (Fsp3) is 0.750. The molecule has 106 valence electrons. The van der Waals surface area contributed by atoms with Gasteiger partial charge in [0.05, 0.1) is 5.60 Å². The average molecular weight is 266 g/mol. The third-order valence-electron chi connectivity index (χ3n) is 3.44. The Morgan fingerprint density at radius 3 is 2.26 bits per heavy atom. The van der Waals surface area contributed by atoms with Gasteiger partial charge in [0, 0.05) is 27.7 Å². The van der Waals surface area contributed by atoms with E-state index in [1.54, 1.807) is 4.90 Å². The van der Waals surface area contributed by atoms with Gasteiger partial charge in [-0.3, -0.25) is 0 Å². The highest BCUT2D eigenvalue weighted by Gasteiger charge is 2.33. The summed E-state index contributed by atoms with van der Waals surface area (Å²) in [5.41, 5.74) is 5.07. The van der Waals surface area contributed by atoms with Crippen molar-refractivity contribution in [2.24, 2.45) is 0 Å². The minimum atomic E-state index is -0.631. The van der Waals surface area contributed by atoms with Gasteiger partial charge in [0.2, 0.25) is 17.8 Å². The van der Waals surface area contributed by atoms with Gasteiger partial charge in [0.15, 0.2) is 0 Å². The monoisotopic (exact) mass is 266 g/mol. The van der Waals surface area contributed by atoms with E-state index >= 15 is 0 Å². The summed E-state index contributed by atoms with van der Waals surface area (Å²) in [4.78, 5) is 16.2. The second-order valence-corrected chi connectivity index (χ2v) is 5.48. The van der Waals surface area contributed by atoms with Crippen molar-refractivity contribution in [1.82, 2.24) is 15.0 Å². The maximum absolute atomic E-state index is 10.4. The summed E-state index contributed by atoms with van der Waals surface area (Å²) in [6.45, 7) is 0.517. The maximum atomic E-state index is 10.4. The van der Waals surface area contributed by atoms with Gasteiger partial charge in [-0.2, -0.15) is 15.0 Å². The molecule has 0 saturated heterocycles. The van der Waals surface area contributed by atoms with Gasteiger partial charge in [0.1, 0.15) is 0 Å². The molecule has 2 rings (SSSR count). The lowest BCUT2D eigenvalue weighted by Crippen LogP contribution is -2.40. The standard InChI is InChI=1S/C12H22N6O/c1-17(2)10-14-9(13)15-11(16-10)18(3)8-12(19)6-4-5-7-12/h19H,4-8H2,1-3H3,(H2,13,14,15,16). The van der Waals surface area contributed by atoms with Crippen LogP contribution in [-0.2, 0) is 0 Å². The smallest absolute Gasteiger partial charge is 0.231 e. The van der Waals surface area contributed by atoms with Crippen molar-refractivity contribution in [3.05, 3.63) is 0 Å². The Morgan fingerprint density at radius 2 is 1.68 bits per heavy atom. The van der Waals surface area contributed by atoms with Crippen molar-refractivity contribution >= 4 is 17.8 Å². The van der Waals surface area contributed by atoms with Gasteiger partial charge in [0.25, 0.3) is 0 Å². The zero-order chi connectivity index (χ0) is 14.0. The Hall–Kier alpha value is -1.63. The first-order valence-electron chi connectivity index (χ1n) is 6.52. The number of nitrogen functional groups attached to an aromatic ring is 1. The normalized spacial score (nSPS) is 17.5. The summed E-state index contributed by atoms with van der Waals surface area (Å²) < 4.78 is 0. The minimum absolute atomic E-state index is 0.193. The van der Waals surface area contributed by atoms with Crippen molar-refractivity contribution < 1.29 is 5.11 Å². The topological polar surface area (TPSA) is 91.4 Å². The summed E-state index contributed by atoms with van der Waals surface area (Å²) in [6, 6.07) is 0. The molecule has 0 aliphatic heterocycles. The molecule has 0 unspecified atom stereocenters. The lowest BCUT2D eigenvalue weighted by atomic mass is 10.0. The largest absolute Gasteiger partial charge is 0.388 e. The molecule has 1 aromatic heterocycles. The predicted octanol–water partition coefficient (Wildman–Crippen LogP) is 0.261. The Labute approximate surface area is 113 Å². The third kappa shape index (κ3) is 3.23. The van der Waals surface area contributed by atoms with Gasteiger partial charge < -0.3 is 20.6 Å². The van der Waals surface area contributed by atoms with Crippen LogP contribution in [0.2, 0.25) is 0 Å². The quantitative estimate of drug-likeness (QED) is 0.807. The Bertz CT molecular complexity index is 444. The van der Waals surface area contributed by atoms with E-state index in [1.807, 2.05) is 26.0 Å². The summed E-state index contributed by atoms with van der Waals surface area (Å²) in [6.07, 6.45) is 3.82. The SMILES string of the molecule is CN(C)c1nc(N)nc(N(C)CC2(O)CCCC2)n1. The molecule has 3 N–H and O–H groups in total. The zero-order valence-electron chi connectivity index (χ0n) is 11.8. The number of nitrogens with two attached hydrogens (primary N) is 1. The van der Waals surface area contributed by atoms with E-state index in [-0.39, 0.29) is 5.95 Å². The summed E-state index contributed by atoms with van der Waals surface area (Å²) in [7, 11) is 5.57. The summed E-state index contributed by atoms with van der Waals surface area (Å²) in [5.74, 6) is 1.21. The number of rotatable bonds is 4. The number of likely N-dealkylation sites (N-methyl/N-ethyl adjacent to an activating group) is 1. The van der Waals surface area contributed by atoms with E-state index in [9.17, 15) is 5.11 Å². The molecule has 1 fully saturated rings. The molecule has 0 radical (unpaired) electrons. The van der Waals surface area contributed by atoms with Crippen molar-refractivity contribution in [3.63, 3.8) is 0 Å². The van der Waals surface area contributed by atoms with Crippen molar-refractivity contribution in [1.29, 1.82) is 0 Å². The van der Waals surface area contributed by atoms with Crippen molar-refractivity contribution in [2.45, 2.75) is 31.3 Å². The van der Waals surface area contributed by atoms with Gasteiger partial charge >= 0.3 is 0 Å². The molecule has 1 saturated carbocycles. The second-order valence-electron chi connectivity index (χ2n) is 5.48. The fourth-order valence-electron chi connectivity index (χ4n) is 2.44. The van der Waals surface area contributed by atoms with E-state index in [0.717, 1.165) is 25.7 Å². The first-order valence-corrected chi connectivity index (χ1v) is 6.52. The van der Waals surface area contributed by atoms with Crippen molar-refractivity contribution in [3.8, 4) is 0 Å². The van der Waals surface area contributed by atoms with E-state index < -0.39 is 5.60 Å². The third-order valence-corrected chi connectivity index (χ3v) is 3.44. The average Bonchev–Trinajstić information content (AvgIpc) is 2.74. The van der Waals surface area contributed by atoms with Crippen molar-refractivity contribution in [2.75, 3.05) is 43.2 Å². The van der Waals surface area contributed by atoms with Crippen LogP contribution in [0.5, 0.6) is 0 Å². The van der Waals surface area contributed by atoms with Gasteiger partial charge in [-0.1, -0.05) is 12.8 Å². The molecule has 0 atom stereocenters. The number of anilines is 3. The Morgan fingerprint density at radius 1 is 1.11 bits per heavy atom. The number of aromatic nitrogens is 3. The van der Waals surface area contributed by atoms with Crippen LogP contribution in [0.1, 0.15) is 25.7 Å². The van der Waals surface area contributed by atoms with E-state index in [1.165, 1.54) is 0 Å². The molecule has 1 heterocycles. The molecular weight excluding hydrogens is 244 g/mol. The molecule has 19 heavy (non-hydrogen) atoms. The zero-order valence-corrected chi connectivity index (χ0v) is 11.8. The van der Waals surface area contributed by atoms with Crippen LogP contribution in [0.4, 0.5) is 17.8 Å². The molecule has 1 aliphatic rings.